The van der Waals surface area contributed by atoms with Crippen LogP contribution in [0.15, 0.2) is 65.8 Å². The van der Waals surface area contributed by atoms with Gasteiger partial charge in [-0.1, -0.05) is 44.2 Å². The number of allylic oxidation sites excluding steroid dienone is 1. The van der Waals surface area contributed by atoms with Crippen LogP contribution in [0.4, 0.5) is 5.69 Å². The van der Waals surface area contributed by atoms with E-state index in [2.05, 4.69) is 29.8 Å². The number of aliphatic imine (C=N–C) groups is 1. The van der Waals surface area contributed by atoms with Crippen LogP contribution < -0.4 is 4.90 Å². The molecule has 112 valence electrons. The fraction of sp³-hybridized carbons (Fsp3) is 0.211. The van der Waals surface area contributed by atoms with E-state index in [1.165, 1.54) is 0 Å². The van der Waals surface area contributed by atoms with Crippen LogP contribution in [0, 0.1) is 0 Å². The molecule has 0 spiro atoms. The molecule has 0 bridgehead atoms. The number of para-hydroxylation sites is 1. The van der Waals surface area contributed by atoms with Crippen molar-refractivity contribution >= 4 is 11.9 Å². The second-order valence-corrected chi connectivity index (χ2v) is 5.73. The monoisotopic (exact) mass is 292 g/mol. The van der Waals surface area contributed by atoms with E-state index in [4.69, 9.17) is 0 Å². The third-order valence-corrected chi connectivity index (χ3v) is 3.88. The Balaban J connectivity index is 1.99. The highest BCUT2D eigenvalue weighted by Gasteiger charge is 2.22. The zero-order chi connectivity index (χ0) is 15.5. The number of phenols is 1. The average Bonchev–Trinajstić information content (AvgIpc) is 2.55. The van der Waals surface area contributed by atoms with Crippen LogP contribution in [0.3, 0.4) is 0 Å². The molecule has 2 aromatic carbocycles. The molecule has 1 N–H and O–H groups in total. The van der Waals surface area contributed by atoms with Gasteiger partial charge in [-0.25, -0.2) is 0 Å². The summed E-state index contributed by atoms with van der Waals surface area (Å²) in [6.07, 6.45) is 5.43. The third-order valence-electron chi connectivity index (χ3n) is 3.88. The normalized spacial score (nSPS) is 17.2. The minimum atomic E-state index is -0.242. The summed E-state index contributed by atoms with van der Waals surface area (Å²) in [7, 11) is 0. The first kappa shape index (κ1) is 14.4. The number of nitrogens with zero attached hydrogens (tertiary/aromatic N) is 2. The summed E-state index contributed by atoms with van der Waals surface area (Å²) in [6.45, 7) is 4.23. The van der Waals surface area contributed by atoms with E-state index in [0.717, 1.165) is 16.8 Å². The zero-order valence-electron chi connectivity index (χ0n) is 12.8. The molecule has 0 fully saturated rings. The van der Waals surface area contributed by atoms with E-state index in [0.29, 0.717) is 11.7 Å². The Kier molecular flexibility index (Phi) is 3.96. The molecule has 1 unspecified atom stereocenters. The number of benzene rings is 2. The first-order chi connectivity index (χ1) is 10.7. The summed E-state index contributed by atoms with van der Waals surface area (Å²) in [5.41, 5.74) is 2.99. The molecule has 0 amide bonds. The van der Waals surface area contributed by atoms with Crippen LogP contribution in [0.5, 0.6) is 5.75 Å². The fourth-order valence-electron chi connectivity index (χ4n) is 2.61. The zero-order valence-corrected chi connectivity index (χ0v) is 12.8. The lowest BCUT2D eigenvalue weighted by molar-refractivity contribution is 0.460. The van der Waals surface area contributed by atoms with Crippen LogP contribution in [0.2, 0.25) is 0 Å². The van der Waals surface area contributed by atoms with Gasteiger partial charge in [-0.2, -0.15) is 0 Å². The average molecular weight is 292 g/mol. The van der Waals surface area contributed by atoms with Crippen LogP contribution >= 0.6 is 0 Å². The van der Waals surface area contributed by atoms with Gasteiger partial charge < -0.3 is 10.0 Å². The van der Waals surface area contributed by atoms with E-state index in [1.807, 2.05) is 54.7 Å². The van der Waals surface area contributed by atoms with E-state index in [1.54, 1.807) is 6.21 Å². The number of rotatable bonds is 3. The molecule has 0 aromatic heterocycles. The number of aromatic hydroxyl groups is 1. The van der Waals surface area contributed by atoms with Gasteiger partial charge in [-0.05, 0) is 35.8 Å². The number of phenolic OH excluding ortho intramolecular Hbond substituents is 1. The second kappa shape index (κ2) is 6.06. The molecule has 1 atom stereocenters. The highest BCUT2D eigenvalue weighted by atomic mass is 16.3. The highest BCUT2D eigenvalue weighted by Crippen LogP contribution is 2.36. The Morgan fingerprint density at radius 3 is 2.55 bits per heavy atom. The predicted molar refractivity (Wildman–Crippen MR) is 91.5 cm³/mol. The third kappa shape index (κ3) is 2.75. The van der Waals surface area contributed by atoms with Crippen molar-refractivity contribution in [2.45, 2.75) is 25.9 Å². The van der Waals surface area contributed by atoms with Gasteiger partial charge in [-0.3, -0.25) is 4.99 Å². The van der Waals surface area contributed by atoms with Gasteiger partial charge in [0.05, 0.1) is 0 Å². The van der Waals surface area contributed by atoms with E-state index in [9.17, 15) is 5.11 Å². The first-order valence-electron chi connectivity index (χ1n) is 7.53. The van der Waals surface area contributed by atoms with Gasteiger partial charge in [0.25, 0.3) is 0 Å². The molecular weight excluding hydrogens is 272 g/mol. The molecule has 0 saturated carbocycles. The minimum absolute atomic E-state index is 0.242. The smallest absolute Gasteiger partial charge is 0.154 e. The molecule has 1 heterocycles. The Morgan fingerprint density at radius 1 is 1.09 bits per heavy atom. The SMILES string of the molecule is CC(C)c1ccc(C2N=CC=CN2c2ccccc2)c(O)c1. The van der Waals surface area contributed by atoms with Gasteiger partial charge in [0, 0.05) is 23.7 Å². The largest absolute Gasteiger partial charge is 0.508 e. The van der Waals surface area contributed by atoms with Crippen molar-refractivity contribution in [1.82, 2.24) is 0 Å². The maximum Gasteiger partial charge on any atom is 0.154 e. The highest BCUT2D eigenvalue weighted by molar-refractivity contribution is 5.75. The molecule has 2 aromatic rings. The molecule has 22 heavy (non-hydrogen) atoms. The topological polar surface area (TPSA) is 35.8 Å². The summed E-state index contributed by atoms with van der Waals surface area (Å²) in [5, 5.41) is 10.4. The van der Waals surface area contributed by atoms with Crippen molar-refractivity contribution in [3.63, 3.8) is 0 Å². The lowest BCUT2D eigenvalue weighted by atomic mass is 9.99. The standard InChI is InChI=1S/C19H20N2O/c1-14(2)15-9-10-17(18(22)13-15)19-20-11-6-12-21(19)16-7-4-3-5-8-16/h3-14,19,22H,1-2H3. The molecule has 0 saturated heterocycles. The summed E-state index contributed by atoms with van der Waals surface area (Å²) < 4.78 is 0. The first-order valence-corrected chi connectivity index (χ1v) is 7.53. The molecule has 3 nitrogen and oxygen atoms in total. The summed E-state index contributed by atoms with van der Waals surface area (Å²) >= 11 is 0. The van der Waals surface area contributed by atoms with Gasteiger partial charge >= 0.3 is 0 Å². The van der Waals surface area contributed by atoms with Gasteiger partial charge in [0.15, 0.2) is 6.17 Å². The maximum atomic E-state index is 10.4. The Labute approximate surface area is 131 Å². The molecule has 3 rings (SSSR count). The molecule has 1 aliphatic rings. The van der Waals surface area contributed by atoms with Crippen molar-refractivity contribution in [2.24, 2.45) is 4.99 Å². The van der Waals surface area contributed by atoms with Crippen LogP contribution in [0.25, 0.3) is 0 Å². The van der Waals surface area contributed by atoms with Crippen LogP contribution in [-0.4, -0.2) is 11.3 Å². The number of hydrogen-bond donors (Lipinski definition) is 1. The molecule has 0 aliphatic carbocycles. The predicted octanol–water partition coefficient (Wildman–Crippen LogP) is 4.62. The quantitative estimate of drug-likeness (QED) is 0.896. The van der Waals surface area contributed by atoms with Crippen LogP contribution in [0.1, 0.15) is 37.1 Å². The van der Waals surface area contributed by atoms with Crippen molar-refractivity contribution in [3.8, 4) is 5.75 Å². The second-order valence-electron chi connectivity index (χ2n) is 5.73. The lowest BCUT2D eigenvalue weighted by Crippen LogP contribution is -2.24. The molecule has 1 aliphatic heterocycles. The van der Waals surface area contributed by atoms with Gasteiger partial charge in [0.1, 0.15) is 5.75 Å². The Morgan fingerprint density at radius 2 is 1.86 bits per heavy atom. The molecule has 0 radical (unpaired) electrons. The summed E-state index contributed by atoms with van der Waals surface area (Å²) in [6, 6.07) is 16.0. The van der Waals surface area contributed by atoms with Crippen molar-refractivity contribution in [1.29, 1.82) is 0 Å². The van der Waals surface area contributed by atoms with E-state index >= 15 is 0 Å². The van der Waals surface area contributed by atoms with Crippen LogP contribution in [-0.2, 0) is 0 Å². The fourth-order valence-corrected chi connectivity index (χ4v) is 2.61. The lowest BCUT2D eigenvalue weighted by Gasteiger charge is -2.30. The maximum absolute atomic E-state index is 10.4. The van der Waals surface area contributed by atoms with E-state index in [-0.39, 0.29) is 6.17 Å². The summed E-state index contributed by atoms with van der Waals surface area (Å²) in [5.74, 6) is 0.685. The van der Waals surface area contributed by atoms with Crippen molar-refractivity contribution in [3.05, 3.63) is 71.9 Å². The number of anilines is 1. The summed E-state index contributed by atoms with van der Waals surface area (Å²) in [4.78, 5) is 6.61. The van der Waals surface area contributed by atoms with Gasteiger partial charge in [0.2, 0.25) is 0 Å². The van der Waals surface area contributed by atoms with Gasteiger partial charge in [-0.15, -0.1) is 0 Å². The number of hydrogen-bond acceptors (Lipinski definition) is 3. The minimum Gasteiger partial charge on any atom is -0.508 e. The van der Waals surface area contributed by atoms with Crippen molar-refractivity contribution < 1.29 is 5.11 Å². The molecular formula is C19H20N2O. The van der Waals surface area contributed by atoms with Crippen molar-refractivity contribution in [2.75, 3.05) is 4.90 Å². The Bertz CT molecular complexity index is 705. The molecule has 3 heteroatoms. The van der Waals surface area contributed by atoms with E-state index < -0.39 is 0 Å². The Hall–Kier alpha value is -2.55.